The number of benzene rings is 5. The van der Waals surface area contributed by atoms with Gasteiger partial charge < -0.3 is 4.42 Å². The van der Waals surface area contributed by atoms with Crippen LogP contribution in [0.1, 0.15) is 0 Å². The predicted molar refractivity (Wildman–Crippen MR) is 162 cm³/mol. The third-order valence-electron chi connectivity index (χ3n) is 7.83. The van der Waals surface area contributed by atoms with Crippen LogP contribution in [0.3, 0.4) is 0 Å². The van der Waals surface area contributed by atoms with Crippen molar-refractivity contribution in [2.45, 2.75) is 0 Å². The highest BCUT2D eigenvalue weighted by Gasteiger charge is 2.22. The Morgan fingerprint density at radius 3 is 1.85 bits per heavy atom. The van der Waals surface area contributed by atoms with E-state index in [1.807, 2.05) is 30.3 Å². The lowest BCUT2D eigenvalue weighted by Gasteiger charge is -2.10. The second-order valence-electron chi connectivity index (χ2n) is 10.2. The minimum Gasteiger partial charge on any atom is -0.450 e. The van der Waals surface area contributed by atoms with Crippen LogP contribution in [-0.4, -0.2) is 19.5 Å². The molecule has 4 aromatic heterocycles. The van der Waals surface area contributed by atoms with Gasteiger partial charge in [0, 0.05) is 34.1 Å². The molecule has 0 unspecified atom stereocenters. The van der Waals surface area contributed by atoms with Gasteiger partial charge in [-0.25, -0.2) is 9.97 Å². The molecule has 0 saturated carbocycles. The maximum absolute atomic E-state index is 6.51. The number of nitrogens with zero attached hydrogens (tertiary/aromatic N) is 4. The zero-order valence-electron chi connectivity index (χ0n) is 21.2. The van der Waals surface area contributed by atoms with Crippen LogP contribution in [0.2, 0.25) is 0 Å². The Morgan fingerprint density at radius 2 is 1.20 bits per heavy atom. The molecule has 186 valence electrons. The van der Waals surface area contributed by atoms with Crippen LogP contribution in [0.5, 0.6) is 0 Å². The molecule has 9 rings (SSSR count). The van der Waals surface area contributed by atoms with E-state index in [0.29, 0.717) is 17.2 Å². The Morgan fingerprint density at radius 1 is 0.575 bits per heavy atom. The summed E-state index contributed by atoms with van der Waals surface area (Å²) in [4.78, 5) is 14.5. The molecule has 5 nitrogen and oxygen atoms in total. The van der Waals surface area contributed by atoms with Crippen LogP contribution in [0.4, 0.5) is 0 Å². The molecule has 5 aromatic carbocycles. The molecule has 0 atom stereocenters. The van der Waals surface area contributed by atoms with Crippen molar-refractivity contribution < 1.29 is 4.42 Å². The van der Waals surface area contributed by atoms with E-state index >= 15 is 0 Å². The number of rotatable bonds is 2. The number of aromatic nitrogens is 4. The minimum absolute atomic E-state index is 0.610. The summed E-state index contributed by atoms with van der Waals surface area (Å²) in [5.41, 5.74) is 5.23. The van der Waals surface area contributed by atoms with Gasteiger partial charge in [0.25, 0.3) is 0 Å². The van der Waals surface area contributed by atoms with E-state index in [2.05, 4.69) is 88.4 Å². The van der Waals surface area contributed by atoms with E-state index in [0.717, 1.165) is 33.1 Å². The predicted octanol–water partition coefficient (Wildman–Crippen LogP) is 8.84. The van der Waals surface area contributed by atoms with Gasteiger partial charge in [0.1, 0.15) is 11.1 Å². The average Bonchev–Trinajstić information content (AvgIpc) is 3.54. The van der Waals surface area contributed by atoms with E-state index in [9.17, 15) is 0 Å². The van der Waals surface area contributed by atoms with Crippen molar-refractivity contribution in [3.8, 4) is 17.2 Å². The van der Waals surface area contributed by atoms with Gasteiger partial charge >= 0.3 is 0 Å². The van der Waals surface area contributed by atoms with Crippen LogP contribution >= 0.6 is 0 Å². The van der Waals surface area contributed by atoms with Gasteiger partial charge in [0.2, 0.25) is 0 Å². The van der Waals surface area contributed by atoms with E-state index in [4.69, 9.17) is 14.4 Å². The quantitative estimate of drug-likeness (QED) is 0.232. The Bertz CT molecular complexity index is 2340. The maximum Gasteiger partial charge on any atom is 0.197 e. The summed E-state index contributed by atoms with van der Waals surface area (Å²) in [6, 6.07) is 38.0. The largest absolute Gasteiger partial charge is 0.450 e. The molecule has 5 heteroatoms. The van der Waals surface area contributed by atoms with Crippen LogP contribution in [0.15, 0.2) is 126 Å². The fourth-order valence-corrected chi connectivity index (χ4v) is 5.97. The van der Waals surface area contributed by atoms with E-state index in [1.165, 1.54) is 32.3 Å². The monoisotopic (exact) mass is 512 g/mol. The van der Waals surface area contributed by atoms with Crippen LogP contribution in [0.25, 0.3) is 82.6 Å². The average molecular weight is 513 g/mol. The third-order valence-corrected chi connectivity index (χ3v) is 7.83. The number of hydrogen-bond acceptors (Lipinski definition) is 4. The van der Waals surface area contributed by atoms with Crippen molar-refractivity contribution in [3.63, 3.8) is 0 Å². The minimum atomic E-state index is 0.610. The van der Waals surface area contributed by atoms with Crippen molar-refractivity contribution in [1.82, 2.24) is 19.5 Å². The number of hydrogen-bond donors (Lipinski definition) is 0. The summed E-state index contributed by atoms with van der Waals surface area (Å²) in [6.07, 6.45) is 3.57. The second-order valence-corrected chi connectivity index (χ2v) is 10.2. The standard InChI is InChI=1S/C35H20N4O/c1-3-10-23-18-29-27(16-21(23)8-1)28-17-22-9-2-4-11-24(22)19-30(28)39(29)35-33-32(26-13-5-6-14-31(26)40-33)37-34(38-35)25-12-7-15-36-20-25/h1-20H. The first kappa shape index (κ1) is 21.4. The van der Waals surface area contributed by atoms with E-state index < -0.39 is 0 Å². The zero-order chi connectivity index (χ0) is 26.2. The van der Waals surface area contributed by atoms with Gasteiger partial charge in [-0.3, -0.25) is 9.55 Å². The smallest absolute Gasteiger partial charge is 0.197 e. The Kier molecular flexibility index (Phi) is 4.27. The lowest BCUT2D eigenvalue weighted by atomic mass is 10.0. The zero-order valence-corrected chi connectivity index (χ0v) is 21.2. The summed E-state index contributed by atoms with van der Waals surface area (Å²) in [5, 5.41) is 8.06. The summed E-state index contributed by atoms with van der Waals surface area (Å²) < 4.78 is 8.76. The maximum atomic E-state index is 6.51. The highest BCUT2D eigenvalue weighted by Crippen LogP contribution is 2.40. The van der Waals surface area contributed by atoms with Crippen LogP contribution in [-0.2, 0) is 0 Å². The topological polar surface area (TPSA) is 56.7 Å². The lowest BCUT2D eigenvalue weighted by molar-refractivity contribution is 0.662. The number of fused-ring (bicyclic) bond motifs is 8. The lowest BCUT2D eigenvalue weighted by Crippen LogP contribution is -2.02. The molecule has 0 N–H and O–H groups in total. The molecule has 0 aliphatic rings. The molecule has 0 saturated heterocycles. The molecule has 0 aliphatic heterocycles. The first-order chi connectivity index (χ1) is 19.8. The number of para-hydroxylation sites is 1. The summed E-state index contributed by atoms with van der Waals surface area (Å²) >= 11 is 0. The molecule has 0 aliphatic carbocycles. The van der Waals surface area contributed by atoms with E-state index in [1.54, 1.807) is 12.4 Å². The van der Waals surface area contributed by atoms with Crippen molar-refractivity contribution >= 4 is 65.4 Å². The summed E-state index contributed by atoms with van der Waals surface area (Å²) in [5.74, 6) is 1.32. The van der Waals surface area contributed by atoms with Crippen molar-refractivity contribution in [1.29, 1.82) is 0 Å². The molecule has 0 bridgehead atoms. The molecular weight excluding hydrogens is 492 g/mol. The first-order valence-electron chi connectivity index (χ1n) is 13.3. The van der Waals surface area contributed by atoms with Gasteiger partial charge in [0.05, 0.1) is 11.0 Å². The van der Waals surface area contributed by atoms with Gasteiger partial charge in [-0.05, 0) is 70.1 Å². The van der Waals surface area contributed by atoms with E-state index in [-0.39, 0.29) is 0 Å². The Balaban J connectivity index is 1.51. The fraction of sp³-hybridized carbons (Fsp3) is 0. The second kappa shape index (κ2) is 7.98. The molecule has 4 heterocycles. The first-order valence-corrected chi connectivity index (χ1v) is 13.3. The number of pyridine rings is 1. The Hall–Kier alpha value is -5.55. The Labute approximate surface area is 228 Å². The highest BCUT2D eigenvalue weighted by atomic mass is 16.3. The van der Waals surface area contributed by atoms with Crippen molar-refractivity contribution in [2.75, 3.05) is 0 Å². The molecule has 0 radical (unpaired) electrons. The molecule has 0 spiro atoms. The van der Waals surface area contributed by atoms with Crippen molar-refractivity contribution in [3.05, 3.63) is 122 Å². The highest BCUT2D eigenvalue weighted by molar-refractivity contribution is 6.17. The van der Waals surface area contributed by atoms with Crippen LogP contribution in [0, 0.1) is 0 Å². The number of furan rings is 1. The molecule has 9 aromatic rings. The summed E-state index contributed by atoms with van der Waals surface area (Å²) in [6.45, 7) is 0. The molecule has 0 fully saturated rings. The summed E-state index contributed by atoms with van der Waals surface area (Å²) in [7, 11) is 0. The molecule has 40 heavy (non-hydrogen) atoms. The van der Waals surface area contributed by atoms with Crippen molar-refractivity contribution in [2.24, 2.45) is 0 Å². The van der Waals surface area contributed by atoms with Gasteiger partial charge in [-0.2, -0.15) is 0 Å². The molecule has 0 amide bonds. The van der Waals surface area contributed by atoms with Gasteiger partial charge in [0.15, 0.2) is 17.2 Å². The van der Waals surface area contributed by atoms with Gasteiger partial charge in [-0.1, -0.05) is 60.7 Å². The van der Waals surface area contributed by atoms with Gasteiger partial charge in [-0.15, -0.1) is 0 Å². The molecular formula is C35H20N4O. The SMILES string of the molecule is c1cncc(-c2nc(-n3c4cc5ccccc5cc4c4cc5ccccc5cc43)c3oc4ccccc4c3n2)c1. The normalized spacial score (nSPS) is 12.0. The van der Waals surface area contributed by atoms with Crippen LogP contribution < -0.4 is 0 Å². The third kappa shape index (κ3) is 3.00. The fourth-order valence-electron chi connectivity index (χ4n) is 5.97.